The zero-order chi connectivity index (χ0) is 26.1. The van der Waals surface area contributed by atoms with Crippen molar-refractivity contribution in [3.05, 3.63) is 37.1 Å². The molecule has 194 valence electrons. The number of nitrogens with one attached hydrogen (secondary N) is 3. The van der Waals surface area contributed by atoms with E-state index in [9.17, 15) is 24.9 Å². The van der Waals surface area contributed by atoms with Gasteiger partial charge in [0.1, 0.15) is 30.2 Å². The molecule has 14 heteroatoms. The molecule has 2 amide bonds. The van der Waals surface area contributed by atoms with Gasteiger partial charge < -0.3 is 41.4 Å². The first-order valence-corrected chi connectivity index (χ1v) is 11.6. The Balaban J connectivity index is 1.09. The van der Waals surface area contributed by atoms with Crippen molar-refractivity contribution in [2.45, 2.75) is 43.8 Å². The van der Waals surface area contributed by atoms with Gasteiger partial charge in [0.25, 0.3) is 0 Å². The number of aliphatic hydroxyl groups excluding tert-OH is 2. The minimum atomic E-state index is -1.29. The third-order valence-corrected chi connectivity index (χ3v) is 6.30. The van der Waals surface area contributed by atoms with E-state index in [1.807, 2.05) is 0 Å². The van der Waals surface area contributed by atoms with Gasteiger partial charge in [-0.15, -0.1) is 0 Å². The third kappa shape index (κ3) is 4.76. The number of carbonyl (C=O) groups excluding carboxylic acids is 2. The summed E-state index contributed by atoms with van der Waals surface area (Å²) >= 11 is 0. The predicted molar refractivity (Wildman–Crippen MR) is 131 cm³/mol. The Morgan fingerprint density at radius 3 is 2.76 bits per heavy atom. The molecule has 0 bridgehead atoms. The number of nitrogens with two attached hydrogens (primary N) is 1. The highest BCUT2D eigenvalue weighted by atomic mass is 16.6. The van der Waals surface area contributed by atoms with Crippen LogP contribution in [-0.2, 0) is 14.3 Å². The van der Waals surface area contributed by atoms with Gasteiger partial charge in [-0.25, -0.2) is 15.0 Å². The Bertz CT molecular complexity index is 1450. The largest absolute Gasteiger partial charge is 0.494 e. The third-order valence-electron chi connectivity index (χ3n) is 6.30. The molecule has 4 atom stereocenters. The van der Waals surface area contributed by atoms with Crippen molar-refractivity contribution in [1.82, 2.24) is 29.8 Å². The van der Waals surface area contributed by atoms with Gasteiger partial charge in [0.15, 0.2) is 23.6 Å². The SMILES string of the molecule is Nc1ncnc2c1ncn2C1OC(CNC(=O)CCCC(=O)Nc2cccc3c(O)[nH]cc23)C(O)C1O. The van der Waals surface area contributed by atoms with E-state index < -0.39 is 24.5 Å². The van der Waals surface area contributed by atoms with E-state index in [2.05, 4.69) is 30.6 Å². The zero-order valence-electron chi connectivity index (χ0n) is 19.5. The number of nitrogens with zero attached hydrogens (tertiary/aromatic N) is 4. The lowest BCUT2D eigenvalue weighted by molar-refractivity contribution is -0.122. The summed E-state index contributed by atoms with van der Waals surface area (Å²) in [5, 5.41) is 37.5. The Morgan fingerprint density at radius 1 is 1.11 bits per heavy atom. The Labute approximate surface area is 209 Å². The summed E-state index contributed by atoms with van der Waals surface area (Å²) in [6.45, 7) is -0.0392. The van der Waals surface area contributed by atoms with Crippen molar-refractivity contribution in [2.75, 3.05) is 17.6 Å². The number of aromatic amines is 1. The average Bonchev–Trinajstić information content (AvgIpc) is 3.56. The number of amides is 2. The first-order chi connectivity index (χ1) is 17.8. The van der Waals surface area contributed by atoms with Crippen LogP contribution < -0.4 is 16.4 Å². The van der Waals surface area contributed by atoms with Crippen molar-refractivity contribution in [3.63, 3.8) is 0 Å². The maximum absolute atomic E-state index is 12.3. The summed E-state index contributed by atoms with van der Waals surface area (Å²) in [4.78, 5) is 39.5. The van der Waals surface area contributed by atoms with E-state index in [1.54, 1.807) is 24.4 Å². The minimum absolute atomic E-state index is 0.0232. The number of imidazole rings is 1. The van der Waals surface area contributed by atoms with Gasteiger partial charge in [0.05, 0.1) is 12.0 Å². The summed E-state index contributed by atoms with van der Waals surface area (Å²) in [5.74, 6) is -0.392. The summed E-state index contributed by atoms with van der Waals surface area (Å²) in [5.41, 5.74) is 7.04. The molecule has 0 saturated carbocycles. The fourth-order valence-electron chi connectivity index (χ4n) is 4.36. The lowest BCUT2D eigenvalue weighted by atomic mass is 10.1. The van der Waals surface area contributed by atoms with Crippen molar-refractivity contribution in [2.24, 2.45) is 0 Å². The van der Waals surface area contributed by atoms with Crippen molar-refractivity contribution < 1.29 is 29.6 Å². The second kappa shape index (κ2) is 10.0. The first-order valence-electron chi connectivity index (χ1n) is 11.6. The second-order valence-electron chi connectivity index (χ2n) is 8.74. The van der Waals surface area contributed by atoms with Gasteiger partial charge in [0, 0.05) is 36.4 Å². The van der Waals surface area contributed by atoms with Crippen LogP contribution in [0.3, 0.4) is 0 Å². The van der Waals surface area contributed by atoms with Crippen molar-refractivity contribution in [1.29, 1.82) is 0 Å². The number of aliphatic hydroxyl groups is 2. The highest BCUT2D eigenvalue weighted by Crippen LogP contribution is 2.32. The van der Waals surface area contributed by atoms with Crippen molar-refractivity contribution >= 4 is 45.3 Å². The lowest BCUT2D eigenvalue weighted by Gasteiger charge is -2.16. The quantitative estimate of drug-likeness (QED) is 0.170. The number of hydrogen-bond acceptors (Lipinski definition) is 10. The molecule has 0 radical (unpaired) electrons. The monoisotopic (exact) mass is 510 g/mol. The van der Waals surface area contributed by atoms with Crippen LogP contribution in [0.4, 0.5) is 11.5 Å². The average molecular weight is 511 g/mol. The maximum atomic E-state index is 12.3. The van der Waals surface area contributed by atoms with Gasteiger partial charge in [-0.1, -0.05) is 6.07 Å². The van der Waals surface area contributed by atoms with Crippen LogP contribution in [0.25, 0.3) is 21.9 Å². The summed E-state index contributed by atoms with van der Waals surface area (Å²) in [6.07, 6.45) is 0.351. The van der Waals surface area contributed by atoms with E-state index in [1.165, 1.54) is 17.2 Å². The number of anilines is 2. The van der Waals surface area contributed by atoms with Gasteiger partial charge in [-0.05, 0) is 18.6 Å². The van der Waals surface area contributed by atoms with E-state index in [4.69, 9.17) is 10.5 Å². The molecule has 4 heterocycles. The maximum Gasteiger partial charge on any atom is 0.224 e. The molecule has 0 spiro atoms. The molecule has 1 aliphatic rings. The molecule has 1 aliphatic heterocycles. The number of ether oxygens (including phenoxy) is 1. The van der Waals surface area contributed by atoms with Crippen LogP contribution in [0.5, 0.6) is 5.88 Å². The Hall–Kier alpha value is -4.27. The molecule has 0 aliphatic carbocycles. The fourth-order valence-corrected chi connectivity index (χ4v) is 4.36. The van der Waals surface area contributed by atoms with E-state index >= 15 is 0 Å². The van der Waals surface area contributed by atoms with Gasteiger partial charge >= 0.3 is 0 Å². The number of aromatic nitrogens is 5. The minimum Gasteiger partial charge on any atom is -0.494 e. The van der Waals surface area contributed by atoms with E-state index in [-0.39, 0.29) is 42.9 Å². The number of H-pyrrole nitrogens is 1. The summed E-state index contributed by atoms with van der Waals surface area (Å²) in [7, 11) is 0. The molecule has 37 heavy (non-hydrogen) atoms. The molecule has 3 aromatic heterocycles. The van der Waals surface area contributed by atoms with Crippen LogP contribution in [0.15, 0.2) is 37.1 Å². The fraction of sp³-hybridized carbons (Fsp3) is 0.348. The smallest absolute Gasteiger partial charge is 0.224 e. The van der Waals surface area contributed by atoms with Gasteiger partial charge in [-0.3, -0.25) is 14.2 Å². The molecule has 1 fully saturated rings. The van der Waals surface area contributed by atoms with Crippen LogP contribution in [-0.4, -0.2) is 76.5 Å². The topological polar surface area (TPSA) is 214 Å². The molecule has 8 N–H and O–H groups in total. The van der Waals surface area contributed by atoms with E-state index in [0.29, 0.717) is 34.0 Å². The zero-order valence-corrected chi connectivity index (χ0v) is 19.5. The molecule has 4 aromatic rings. The van der Waals surface area contributed by atoms with Crippen LogP contribution in [0.1, 0.15) is 25.5 Å². The number of fused-ring (bicyclic) bond motifs is 2. The highest BCUT2D eigenvalue weighted by molar-refractivity contribution is 6.03. The van der Waals surface area contributed by atoms with Crippen molar-refractivity contribution in [3.8, 4) is 5.88 Å². The number of carbonyl (C=O) groups is 2. The van der Waals surface area contributed by atoms with Gasteiger partial charge in [-0.2, -0.15) is 0 Å². The predicted octanol–water partition coefficient (Wildman–Crippen LogP) is 0.140. The Morgan fingerprint density at radius 2 is 1.92 bits per heavy atom. The standard InChI is InChI=1S/C23H26N8O6/c24-20-17-21(28-9-27-20)31(10-29-17)23-19(35)18(34)14(37-23)8-25-15(32)5-2-6-16(33)30-13-4-1-3-11-12(13)7-26-22(11)36/h1,3-4,7,9-10,14,18-19,23,26,34-36H,2,5-6,8H2,(H,25,32)(H,30,33)(H2,24,27,28). The van der Waals surface area contributed by atoms with E-state index in [0.717, 1.165) is 0 Å². The molecule has 1 aromatic carbocycles. The first kappa shape index (κ1) is 24.4. The van der Waals surface area contributed by atoms with Crippen LogP contribution >= 0.6 is 0 Å². The second-order valence-corrected chi connectivity index (χ2v) is 8.74. The highest BCUT2D eigenvalue weighted by Gasteiger charge is 2.44. The normalized spacial score (nSPS) is 21.5. The number of benzene rings is 1. The molecular formula is C23H26N8O6. The van der Waals surface area contributed by atoms with Crippen LogP contribution in [0, 0.1) is 0 Å². The molecule has 5 rings (SSSR count). The molecule has 4 unspecified atom stereocenters. The van der Waals surface area contributed by atoms with Gasteiger partial charge in [0.2, 0.25) is 11.8 Å². The molecule has 14 nitrogen and oxygen atoms in total. The molecular weight excluding hydrogens is 484 g/mol. The number of nitrogen functional groups attached to an aromatic ring is 1. The number of rotatable bonds is 8. The number of aromatic hydroxyl groups is 1. The lowest BCUT2D eigenvalue weighted by Crippen LogP contribution is -2.39. The Kier molecular flexibility index (Phi) is 6.60. The van der Waals surface area contributed by atoms with Crippen LogP contribution in [0.2, 0.25) is 0 Å². The molecule has 1 saturated heterocycles. The number of hydrogen-bond donors (Lipinski definition) is 7. The summed E-state index contributed by atoms with van der Waals surface area (Å²) in [6, 6.07) is 5.18. The summed E-state index contributed by atoms with van der Waals surface area (Å²) < 4.78 is 7.25.